The highest BCUT2D eigenvalue weighted by Crippen LogP contribution is 2.04. The minimum absolute atomic E-state index is 0.155. The lowest BCUT2D eigenvalue weighted by molar-refractivity contribution is -0.133. The average Bonchev–Trinajstić information content (AvgIpc) is 2.05. The monoisotopic (exact) mass is 187 g/mol. The van der Waals surface area contributed by atoms with Crippen LogP contribution in [0, 0.1) is 0 Å². The molecule has 0 saturated carbocycles. The second-order valence-electron chi connectivity index (χ2n) is 3.51. The Balaban J connectivity index is 3.99. The number of aliphatic hydroxyl groups excluding tert-OH is 1. The van der Waals surface area contributed by atoms with Gasteiger partial charge < -0.3 is 10.0 Å². The third-order valence-corrected chi connectivity index (χ3v) is 1.96. The summed E-state index contributed by atoms with van der Waals surface area (Å²) in [6.45, 7) is 6.84. The van der Waals surface area contributed by atoms with Crippen molar-refractivity contribution in [3.05, 3.63) is 0 Å². The maximum atomic E-state index is 11.5. The number of rotatable bonds is 6. The molecule has 0 aliphatic carbocycles. The molecule has 0 spiro atoms. The molecule has 0 aromatic rings. The number of carbonyl (C=O) groups is 1. The van der Waals surface area contributed by atoms with Crippen LogP contribution in [0.25, 0.3) is 0 Å². The Morgan fingerprint density at radius 2 is 2.08 bits per heavy atom. The summed E-state index contributed by atoms with van der Waals surface area (Å²) in [6.07, 6.45) is 2.18. The molecule has 0 aromatic carbocycles. The molecular formula is C10H21NO2. The number of amides is 1. The van der Waals surface area contributed by atoms with Crippen molar-refractivity contribution in [2.45, 2.75) is 46.1 Å². The second-order valence-corrected chi connectivity index (χ2v) is 3.51. The van der Waals surface area contributed by atoms with E-state index in [9.17, 15) is 4.79 Å². The average molecular weight is 187 g/mol. The van der Waals surface area contributed by atoms with Gasteiger partial charge in [-0.05, 0) is 26.7 Å². The van der Waals surface area contributed by atoms with Gasteiger partial charge in [-0.3, -0.25) is 4.79 Å². The van der Waals surface area contributed by atoms with E-state index in [0.29, 0.717) is 19.4 Å². The summed E-state index contributed by atoms with van der Waals surface area (Å²) in [4.78, 5) is 13.4. The molecule has 0 unspecified atom stereocenters. The van der Waals surface area contributed by atoms with Gasteiger partial charge >= 0.3 is 0 Å². The van der Waals surface area contributed by atoms with Gasteiger partial charge in [0.05, 0.1) is 0 Å². The Morgan fingerprint density at radius 1 is 1.46 bits per heavy atom. The molecule has 0 radical (unpaired) electrons. The van der Waals surface area contributed by atoms with Crippen LogP contribution in [0.15, 0.2) is 0 Å². The van der Waals surface area contributed by atoms with E-state index in [4.69, 9.17) is 5.11 Å². The highest BCUT2D eigenvalue weighted by Gasteiger charge is 2.14. The van der Waals surface area contributed by atoms with Gasteiger partial charge in [-0.1, -0.05) is 6.92 Å². The van der Waals surface area contributed by atoms with Crippen molar-refractivity contribution >= 4 is 5.91 Å². The fourth-order valence-corrected chi connectivity index (χ4v) is 1.27. The van der Waals surface area contributed by atoms with Crippen molar-refractivity contribution in [3.8, 4) is 0 Å². The molecule has 0 rings (SSSR count). The van der Waals surface area contributed by atoms with Gasteiger partial charge in [-0.2, -0.15) is 0 Å². The number of nitrogens with zero attached hydrogens (tertiary/aromatic N) is 1. The molecule has 13 heavy (non-hydrogen) atoms. The Morgan fingerprint density at radius 3 is 2.46 bits per heavy atom. The maximum absolute atomic E-state index is 11.5. The van der Waals surface area contributed by atoms with Crippen LogP contribution in [0.2, 0.25) is 0 Å². The van der Waals surface area contributed by atoms with Gasteiger partial charge in [0.15, 0.2) is 0 Å². The molecule has 78 valence electrons. The first-order valence-corrected chi connectivity index (χ1v) is 5.03. The summed E-state index contributed by atoms with van der Waals surface area (Å²) in [5.41, 5.74) is 0. The van der Waals surface area contributed by atoms with E-state index in [1.807, 2.05) is 25.7 Å². The van der Waals surface area contributed by atoms with E-state index >= 15 is 0 Å². The van der Waals surface area contributed by atoms with E-state index in [0.717, 1.165) is 6.42 Å². The van der Waals surface area contributed by atoms with Gasteiger partial charge in [0.1, 0.15) is 0 Å². The summed E-state index contributed by atoms with van der Waals surface area (Å²) in [5, 5.41) is 8.67. The molecule has 0 fully saturated rings. The smallest absolute Gasteiger partial charge is 0.222 e. The highest BCUT2D eigenvalue weighted by atomic mass is 16.3. The SMILES string of the molecule is CCCC(=O)N(CCCO)C(C)C. The quantitative estimate of drug-likeness (QED) is 0.683. The van der Waals surface area contributed by atoms with Crippen molar-refractivity contribution in [2.75, 3.05) is 13.2 Å². The first-order chi connectivity index (χ1) is 6.13. The van der Waals surface area contributed by atoms with E-state index in [2.05, 4.69) is 0 Å². The van der Waals surface area contributed by atoms with E-state index < -0.39 is 0 Å². The molecule has 0 aliphatic heterocycles. The van der Waals surface area contributed by atoms with Crippen molar-refractivity contribution in [3.63, 3.8) is 0 Å². The fourth-order valence-electron chi connectivity index (χ4n) is 1.27. The topological polar surface area (TPSA) is 40.5 Å². The van der Waals surface area contributed by atoms with Crippen LogP contribution in [0.3, 0.4) is 0 Å². The Kier molecular flexibility index (Phi) is 6.59. The number of hydrogen-bond acceptors (Lipinski definition) is 2. The highest BCUT2D eigenvalue weighted by molar-refractivity contribution is 5.76. The van der Waals surface area contributed by atoms with Gasteiger partial charge in [0, 0.05) is 25.6 Å². The first-order valence-electron chi connectivity index (χ1n) is 5.03. The molecule has 0 aliphatic rings. The summed E-state index contributed by atoms with van der Waals surface area (Å²) in [6, 6.07) is 0.241. The van der Waals surface area contributed by atoms with Crippen molar-refractivity contribution in [1.82, 2.24) is 4.90 Å². The summed E-state index contributed by atoms with van der Waals surface area (Å²) in [5.74, 6) is 0.200. The number of aliphatic hydroxyl groups is 1. The molecule has 0 bridgehead atoms. The Hall–Kier alpha value is -0.570. The lowest BCUT2D eigenvalue weighted by atomic mass is 10.2. The van der Waals surface area contributed by atoms with E-state index in [-0.39, 0.29) is 18.6 Å². The summed E-state index contributed by atoms with van der Waals surface area (Å²) >= 11 is 0. The molecule has 1 amide bonds. The molecule has 3 nitrogen and oxygen atoms in total. The third-order valence-electron chi connectivity index (χ3n) is 1.96. The molecule has 0 heterocycles. The van der Waals surface area contributed by atoms with Crippen LogP contribution >= 0.6 is 0 Å². The second kappa shape index (κ2) is 6.89. The zero-order valence-electron chi connectivity index (χ0n) is 8.92. The zero-order valence-corrected chi connectivity index (χ0v) is 8.92. The van der Waals surface area contributed by atoms with Crippen LogP contribution in [-0.2, 0) is 4.79 Å². The summed E-state index contributed by atoms with van der Waals surface area (Å²) in [7, 11) is 0. The largest absolute Gasteiger partial charge is 0.396 e. The Labute approximate surface area is 80.7 Å². The van der Waals surface area contributed by atoms with Crippen LogP contribution in [0.4, 0.5) is 0 Å². The number of carbonyl (C=O) groups excluding carboxylic acids is 1. The Bertz CT molecular complexity index is 146. The predicted octanol–water partition coefficient (Wildman–Crippen LogP) is 1.41. The van der Waals surface area contributed by atoms with Crippen LogP contribution in [0.1, 0.15) is 40.0 Å². The lowest BCUT2D eigenvalue weighted by Crippen LogP contribution is -2.37. The molecular weight excluding hydrogens is 166 g/mol. The normalized spacial score (nSPS) is 10.5. The van der Waals surface area contributed by atoms with Crippen LogP contribution in [0.5, 0.6) is 0 Å². The predicted molar refractivity (Wildman–Crippen MR) is 53.5 cm³/mol. The molecule has 0 atom stereocenters. The van der Waals surface area contributed by atoms with Crippen molar-refractivity contribution in [1.29, 1.82) is 0 Å². The van der Waals surface area contributed by atoms with Crippen LogP contribution < -0.4 is 0 Å². The summed E-state index contributed by atoms with van der Waals surface area (Å²) < 4.78 is 0. The van der Waals surface area contributed by atoms with E-state index in [1.165, 1.54) is 0 Å². The number of hydrogen-bond donors (Lipinski definition) is 1. The standard InChI is InChI=1S/C10H21NO2/c1-4-6-10(13)11(9(2)3)7-5-8-12/h9,12H,4-8H2,1-3H3. The molecule has 1 N–H and O–H groups in total. The zero-order chi connectivity index (χ0) is 10.3. The molecule has 0 aromatic heterocycles. The molecule has 0 saturated heterocycles. The van der Waals surface area contributed by atoms with Gasteiger partial charge in [0.25, 0.3) is 0 Å². The van der Waals surface area contributed by atoms with Gasteiger partial charge in [-0.15, -0.1) is 0 Å². The van der Waals surface area contributed by atoms with Crippen LogP contribution in [-0.4, -0.2) is 35.1 Å². The minimum Gasteiger partial charge on any atom is -0.396 e. The fraction of sp³-hybridized carbons (Fsp3) is 0.900. The first kappa shape index (κ1) is 12.4. The third kappa shape index (κ3) is 4.88. The van der Waals surface area contributed by atoms with E-state index in [1.54, 1.807) is 0 Å². The molecule has 3 heteroatoms. The maximum Gasteiger partial charge on any atom is 0.222 e. The minimum atomic E-state index is 0.155. The van der Waals surface area contributed by atoms with Gasteiger partial charge in [0.2, 0.25) is 5.91 Å². The van der Waals surface area contributed by atoms with Crippen molar-refractivity contribution in [2.24, 2.45) is 0 Å². The van der Waals surface area contributed by atoms with Gasteiger partial charge in [-0.25, -0.2) is 0 Å². The van der Waals surface area contributed by atoms with Crippen molar-refractivity contribution < 1.29 is 9.90 Å². The lowest BCUT2D eigenvalue weighted by Gasteiger charge is -2.26.